The highest BCUT2D eigenvalue weighted by molar-refractivity contribution is 7.91. The summed E-state index contributed by atoms with van der Waals surface area (Å²) in [7, 11) is 0.547. The first-order chi connectivity index (χ1) is 7.92. The van der Waals surface area contributed by atoms with Crippen LogP contribution >= 0.6 is 22.9 Å². The van der Waals surface area contributed by atoms with Crippen molar-refractivity contribution >= 4 is 33.0 Å². The molecular formula is C9H16ClN3O2S2. The highest BCUT2D eigenvalue weighted by Gasteiger charge is 2.16. The van der Waals surface area contributed by atoms with Crippen LogP contribution in [-0.4, -0.2) is 45.5 Å². The van der Waals surface area contributed by atoms with Crippen LogP contribution in [0.1, 0.15) is 12.8 Å². The van der Waals surface area contributed by atoms with Crippen molar-refractivity contribution in [2.24, 2.45) is 0 Å². The maximum absolute atomic E-state index is 11.7. The number of halogens is 1. The topological polar surface area (TPSA) is 62.3 Å². The number of hydrogen-bond acceptors (Lipinski definition) is 5. The number of aromatic nitrogens is 1. The van der Waals surface area contributed by atoms with Crippen LogP contribution in [0, 0.1) is 0 Å². The van der Waals surface area contributed by atoms with Gasteiger partial charge in [0.2, 0.25) is 0 Å². The largest absolute Gasteiger partial charge is 0.309 e. The molecule has 0 saturated carbocycles. The quantitative estimate of drug-likeness (QED) is 0.773. The summed E-state index contributed by atoms with van der Waals surface area (Å²) in [6, 6.07) is 0. The van der Waals surface area contributed by atoms with Crippen LogP contribution in [0.3, 0.4) is 0 Å². The van der Waals surface area contributed by atoms with Crippen molar-refractivity contribution in [3.63, 3.8) is 0 Å². The monoisotopic (exact) mass is 297 g/mol. The minimum atomic E-state index is -3.43. The van der Waals surface area contributed by atoms with Gasteiger partial charge in [-0.15, -0.1) is 0 Å². The van der Waals surface area contributed by atoms with E-state index in [0.717, 1.165) is 30.7 Å². The maximum Gasteiger partial charge on any atom is 0.251 e. The predicted molar refractivity (Wildman–Crippen MR) is 70.1 cm³/mol. The number of nitrogens with zero attached hydrogens (tertiary/aromatic N) is 2. The van der Waals surface area contributed by atoms with Gasteiger partial charge in [-0.25, -0.2) is 18.1 Å². The van der Waals surface area contributed by atoms with E-state index in [9.17, 15) is 8.42 Å². The summed E-state index contributed by atoms with van der Waals surface area (Å²) in [6.45, 7) is 1.39. The lowest BCUT2D eigenvalue weighted by molar-refractivity contribution is 0.394. The van der Waals surface area contributed by atoms with E-state index in [1.807, 2.05) is 14.1 Å². The molecule has 1 aromatic rings. The highest BCUT2D eigenvalue weighted by Crippen LogP contribution is 2.21. The van der Waals surface area contributed by atoms with Crippen LogP contribution in [0.25, 0.3) is 0 Å². The second kappa shape index (κ2) is 6.65. The van der Waals surface area contributed by atoms with Crippen LogP contribution < -0.4 is 4.72 Å². The summed E-state index contributed by atoms with van der Waals surface area (Å²) in [4.78, 5) is 5.78. The van der Waals surface area contributed by atoms with E-state index in [1.165, 1.54) is 6.20 Å². The second-order valence-electron chi connectivity index (χ2n) is 3.84. The average molecular weight is 298 g/mol. The molecule has 0 spiro atoms. The molecule has 0 aliphatic rings. The Morgan fingerprint density at radius 3 is 2.71 bits per heavy atom. The normalized spacial score (nSPS) is 12.2. The van der Waals surface area contributed by atoms with Crippen molar-refractivity contribution in [1.29, 1.82) is 0 Å². The zero-order valence-electron chi connectivity index (χ0n) is 9.81. The number of sulfonamides is 1. The molecule has 98 valence electrons. The molecule has 0 aliphatic heterocycles. The lowest BCUT2D eigenvalue weighted by Crippen LogP contribution is -2.24. The van der Waals surface area contributed by atoms with Crippen LogP contribution in [-0.2, 0) is 10.0 Å². The fourth-order valence-electron chi connectivity index (χ4n) is 1.19. The number of nitrogens with one attached hydrogen (secondary N) is 1. The zero-order chi connectivity index (χ0) is 12.9. The van der Waals surface area contributed by atoms with Crippen LogP contribution in [0.15, 0.2) is 10.4 Å². The Kier molecular flexibility index (Phi) is 5.81. The Bertz CT molecular complexity index is 445. The summed E-state index contributed by atoms with van der Waals surface area (Å²) in [5, 5.41) is 0. The fourth-order valence-corrected chi connectivity index (χ4v) is 3.61. The predicted octanol–water partition coefficient (Wildman–Crippen LogP) is 1.42. The van der Waals surface area contributed by atoms with E-state index in [0.29, 0.717) is 6.54 Å². The lowest BCUT2D eigenvalue weighted by atomic mass is 10.3. The van der Waals surface area contributed by atoms with E-state index in [1.54, 1.807) is 0 Å². The molecule has 0 aromatic carbocycles. The second-order valence-corrected chi connectivity index (χ2v) is 7.45. The first kappa shape index (κ1) is 14.8. The molecule has 5 nitrogen and oxygen atoms in total. The van der Waals surface area contributed by atoms with Gasteiger partial charge >= 0.3 is 0 Å². The molecular weight excluding hydrogens is 282 g/mol. The van der Waals surface area contributed by atoms with Gasteiger partial charge in [-0.2, -0.15) is 0 Å². The molecule has 17 heavy (non-hydrogen) atoms. The summed E-state index contributed by atoms with van der Waals surface area (Å²) in [6.07, 6.45) is 3.04. The standard InChI is InChI=1S/C9H16ClN3O2S2/c1-13(2)6-4-3-5-12-17(14,15)8-7-11-9(10)16-8/h7,12H,3-6H2,1-2H3. The van der Waals surface area contributed by atoms with E-state index < -0.39 is 10.0 Å². The van der Waals surface area contributed by atoms with E-state index in [4.69, 9.17) is 11.6 Å². The minimum absolute atomic E-state index is 0.162. The minimum Gasteiger partial charge on any atom is -0.309 e. The van der Waals surface area contributed by atoms with Crippen molar-refractivity contribution in [2.75, 3.05) is 27.2 Å². The highest BCUT2D eigenvalue weighted by atomic mass is 35.5. The van der Waals surface area contributed by atoms with Crippen molar-refractivity contribution in [3.8, 4) is 0 Å². The summed E-state index contributed by atoms with van der Waals surface area (Å²) >= 11 is 6.55. The molecule has 8 heteroatoms. The number of unbranched alkanes of at least 4 members (excludes halogenated alkanes) is 1. The molecule has 0 radical (unpaired) electrons. The van der Waals surface area contributed by atoms with Gasteiger partial charge in [0.25, 0.3) is 10.0 Å². The van der Waals surface area contributed by atoms with Gasteiger partial charge in [0.05, 0.1) is 6.20 Å². The molecule has 0 fully saturated rings. The first-order valence-corrected chi connectivity index (χ1v) is 7.85. The molecule has 1 N–H and O–H groups in total. The molecule has 1 rings (SSSR count). The van der Waals surface area contributed by atoms with Gasteiger partial charge < -0.3 is 4.90 Å². The lowest BCUT2D eigenvalue weighted by Gasteiger charge is -2.09. The summed E-state index contributed by atoms with van der Waals surface area (Å²) in [5.74, 6) is 0. The summed E-state index contributed by atoms with van der Waals surface area (Å²) in [5.41, 5.74) is 0. The molecule has 0 amide bonds. The molecule has 1 heterocycles. The van der Waals surface area contributed by atoms with E-state index in [2.05, 4.69) is 14.6 Å². The van der Waals surface area contributed by atoms with Crippen LogP contribution in [0.2, 0.25) is 4.47 Å². The van der Waals surface area contributed by atoms with Crippen molar-refractivity contribution < 1.29 is 8.42 Å². The van der Waals surface area contributed by atoms with Crippen molar-refractivity contribution in [3.05, 3.63) is 10.7 Å². The SMILES string of the molecule is CN(C)CCCCNS(=O)(=O)c1cnc(Cl)s1. The fraction of sp³-hybridized carbons (Fsp3) is 0.667. The van der Waals surface area contributed by atoms with Crippen molar-refractivity contribution in [1.82, 2.24) is 14.6 Å². The van der Waals surface area contributed by atoms with Gasteiger partial charge in [-0.3, -0.25) is 0 Å². The Hall–Kier alpha value is -0.210. The molecule has 0 unspecified atom stereocenters. The Morgan fingerprint density at radius 1 is 1.47 bits per heavy atom. The van der Waals surface area contributed by atoms with Crippen molar-refractivity contribution in [2.45, 2.75) is 17.1 Å². The molecule has 0 aliphatic carbocycles. The van der Waals surface area contributed by atoms with E-state index >= 15 is 0 Å². The number of hydrogen-bond donors (Lipinski definition) is 1. The van der Waals surface area contributed by atoms with Crippen LogP contribution in [0.5, 0.6) is 0 Å². The Morgan fingerprint density at radius 2 is 2.18 bits per heavy atom. The third-order valence-corrected chi connectivity index (χ3v) is 5.08. The van der Waals surface area contributed by atoms with Gasteiger partial charge in [0, 0.05) is 6.54 Å². The van der Waals surface area contributed by atoms with Gasteiger partial charge in [-0.1, -0.05) is 22.9 Å². The van der Waals surface area contributed by atoms with Gasteiger partial charge in [0.1, 0.15) is 0 Å². The average Bonchev–Trinajstić information content (AvgIpc) is 2.64. The Labute approximate surface area is 111 Å². The molecule has 0 bridgehead atoms. The first-order valence-electron chi connectivity index (χ1n) is 5.17. The smallest absolute Gasteiger partial charge is 0.251 e. The molecule has 1 aromatic heterocycles. The molecule has 0 saturated heterocycles. The summed E-state index contributed by atoms with van der Waals surface area (Å²) < 4.78 is 26.4. The number of thiazole rings is 1. The molecule has 0 atom stereocenters. The maximum atomic E-state index is 11.7. The zero-order valence-corrected chi connectivity index (χ0v) is 12.2. The Balaban J connectivity index is 2.36. The van der Waals surface area contributed by atoms with E-state index in [-0.39, 0.29) is 8.68 Å². The third kappa shape index (κ3) is 5.31. The third-order valence-electron chi connectivity index (χ3n) is 2.05. The van der Waals surface area contributed by atoms with Gasteiger partial charge in [0.15, 0.2) is 8.68 Å². The van der Waals surface area contributed by atoms with Crippen LogP contribution in [0.4, 0.5) is 0 Å². The van der Waals surface area contributed by atoms with Gasteiger partial charge in [-0.05, 0) is 33.5 Å². The number of rotatable bonds is 7.